The molecule has 0 radical (unpaired) electrons. The van der Waals surface area contributed by atoms with Crippen LogP contribution in [-0.4, -0.2) is 39.8 Å². The largest absolute Gasteiger partial charge is 0.477 e. The summed E-state index contributed by atoms with van der Waals surface area (Å²) in [5.74, 6) is -1.14. The number of aromatic carboxylic acids is 1. The first-order chi connectivity index (χ1) is 9.38. The summed E-state index contributed by atoms with van der Waals surface area (Å²) < 4.78 is 31.7. The number of hydrogen-bond acceptors (Lipinski definition) is 5. The number of nitrogens with one attached hydrogen (secondary N) is 1. The predicted octanol–water partition coefficient (Wildman–Crippen LogP) is 2.30. The number of ether oxygens (including phenoxy) is 1. The SMILES string of the molecule is COCCCCCNS(=O)(=O)c1cc(C(=O)O)sc1Br. The van der Waals surface area contributed by atoms with Gasteiger partial charge in [0, 0.05) is 20.3 Å². The van der Waals surface area contributed by atoms with E-state index < -0.39 is 16.0 Å². The van der Waals surface area contributed by atoms with Crippen molar-refractivity contribution in [1.82, 2.24) is 4.72 Å². The molecular weight excluding hydrogens is 370 g/mol. The first-order valence-electron chi connectivity index (χ1n) is 5.89. The van der Waals surface area contributed by atoms with E-state index in [1.54, 1.807) is 7.11 Å². The van der Waals surface area contributed by atoms with Crippen LogP contribution >= 0.6 is 27.3 Å². The van der Waals surface area contributed by atoms with Crippen LogP contribution in [0.3, 0.4) is 0 Å². The molecule has 0 aliphatic rings. The van der Waals surface area contributed by atoms with Crippen molar-refractivity contribution in [2.75, 3.05) is 20.3 Å². The molecule has 0 saturated carbocycles. The summed E-state index contributed by atoms with van der Waals surface area (Å²) >= 11 is 3.97. The topological polar surface area (TPSA) is 92.7 Å². The van der Waals surface area contributed by atoms with E-state index in [4.69, 9.17) is 9.84 Å². The third-order valence-electron chi connectivity index (χ3n) is 2.47. The molecule has 0 saturated heterocycles. The second kappa shape index (κ2) is 8.08. The number of halogens is 1. The lowest BCUT2D eigenvalue weighted by atomic mass is 10.2. The molecule has 0 aromatic carbocycles. The highest BCUT2D eigenvalue weighted by Gasteiger charge is 2.22. The van der Waals surface area contributed by atoms with Gasteiger partial charge in [0.15, 0.2) is 0 Å². The van der Waals surface area contributed by atoms with Gasteiger partial charge in [0.1, 0.15) is 9.77 Å². The fraction of sp³-hybridized carbons (Fsp3) is 0.545. The zero-order valence-corrected chi connectivity index (χ0v) is 14.1. The van der Waals surface area contributed by atoms with Crippen LogP contribution in [0.5, 0.6) is 0 Å². The van der Waals surface area contributed by atoms with E-state index >= 15 is 0 Å². The van der Waals surface area contributed by atoms with Crippen LogP contribution in [0, 0.1) is 0 Å². The molecule has 20 heavy (non-hydrogen) atoms. The average Bonchev–Trinajstić information content (AvgIpc) is 2.77. The number of unbranched alkanes of at least 4 members (excludes halogenated alkanes) is 2. The Morgan fingerprint density at radius 2 is 2.15 bits per heavy atom. The van der Waals surface area contributed by atoms with Gasteiger partial charge in [0.2, 0.25) is 10.0 Å². The maximum Gasteiger partial charge on any atom is 0.345 e. The highest BCUT2D eigenvalue weighted by Crippen LogP contribution is 2.31. The summed E-state index contributed by atoms with van der Waals surface area (Å²) in [7, 11) is -2.06. The third kappa shape index (κ3) is 5.13. The maximum absolute atomic E-state index is 12.0. The molecular formula is C11H16BrNO5S2. The minimum Gasteiger partial charge on any atom is -0.477 e. The van der Waals surface area contributed by atoms with Gasteiger partial charge in [0.05, 0.1) is 3.79 Å². The number of sulfonamides is 1. The minimum atomic E-state index is -3.68. The Bertz CT molecular complexity index is 555. The van der Waals surface area contributed by atoms with Gasteiger partial charge in [-0.25, -0.2) is 17.9 Å². The van der Waals surface area contributed by atoms with Gasteiger partial charge in [-0.1, -0.05) is 0 Å². The Morgan fingerprint density at radius 1 is 1.45 bits per heavy atom. The molecule has 0 aliphatic carbocycles. The van der Waals surface area contributed by atoms with Gasteiger partial charge in [-0.15, -0.1) is 11.3 Å². The average molecular weight is 386 g/mol. The second-order valence-corrected chi connectivity index (χ2v) is 8.11. The Kier molecular flexibility index (Phi) is 7.10. The van der Waals surface area contributed by atoms with Gasteiger partial charge in [-0.2, -0.15) is 0 Å². The fourth-order valence-electron chi connectivity index (χ4n) is 1.47. The Labute approximate surface area is 130 Å². The van der Waals surface area contributed by atoms with Crippen molar-refractivity contribution in [2.45, 2.75) is 24.2 Å². The van der Waals surface area contributed by atoms with Crippen molar-refractivity contribution in [3.05, 3.63) is 14.7 Å². The van der Waals surface area contributed by atoms with Crippen LogP contribution in [0.2, 0.25) is 0 Å². The van der Waals surface area contributed by atoms with Crippen molar-refractivity contribution in [2.24, 2.45) is 0 Å². The molecule has 1 aromatic rings. The Hall–Kier alpha value is -0.480. The molecule has 0 amide bonds. The van der Waals surface area contributed by atoms with Crippen molar-refractivity contribution in [1.29, 1.82) is 0 Å². The summed E-state index contributed by atoms with van der Waals surface area (Å²) in [6.45, 7) is 0.974. The van der Waals surface area contributed by atoms with E-state index in [9.17, 15) is 13.2 Å². The molecule has 2 N–H and O–H groups in total. The smallest absolute Gasteiger partial charge is 0.345 e. The zero-order chi connectivity index (χ0) is 15.2. The summed E-state index contributed by atoms with van der Waals surface area (Å²) in [5.41, 5.74) is 0. The summed E-state index contributed by atoms with van der Waals surface area (Å²) in [5, 5.41) is 8.85. The number of methoxy groups -OCH3 is 1. The lowest BCUT2D eigenvalue weighted by molar-refractivity contribution is 0.0702. The first kappa shape index (κ1) is 17.6. The van der Waals surface area contributed by atoms with E-state index in [2.05, 4.69) is 20.7 Å². The van der Waals surface area contributed by atoms with E-state index in [1.807, 2.05) is 0 Å². The van der Waals surface area contributed by atoms with Crippen molar-refractivity contribution in [3.63, 3.8) is 0 Å². The van der Waals surface area contributed by atoms with Crippen molar-refractivity contribution in [3.8, 4) is 0 Å². The van der Waals surface area contributed by atoms with Crippen LogP contribution in [-0.2, 0) is 14.8 Å². The van der Waals surface area contributed by atoms with Gasteiger partial charge in [-0.3, -0.25) is 0 Å². The Morgan fingerprint density at radius 3 is 2.70 bits per heavy atom. The van der Waals surface area contributed by atoms with Crippen LogP contribution in [0.15, 0.2) is 14.7 Å². The molecule has 0 aliphatic heterocycles. The van der Waals surface area contributed by atoms with E-state index in [0.29, 0.717) is 23.4 Å². The molecule has 0 bridgehead atoms. The number of carbonyl (C=O) groups is 1. The van der Waals surface area contributed by atoms with Crippen LogP contribution in [0.25, 0.3) is 0 Å². The van der Waals surface area contributed by atoms with E-state index in [0.717, 1.165) is 30.2 Å². The van der Waals surface area contributed by atoms with Gasteiger partial charge in [-0.05, 0) is 41.3 Å². The number of thiophene rings is 1. The van der Waals surface area contributed by atoms with Crippen LogP contribution in [0.1, 0.15) is 28.9 Å². The lowest BCUT2D eigenvalue weighted by Gasteiger charge is -2.05. The third-order valence-corrected chi connectivity index (χ3v) is 6.17. The van der Waals surface area contributed by atoms with Gasteiger partial charge < -0.3 is 9.84 Å². The standard InChI is InChI=1S/C11H16BrNO5S2/c1-18-6-4-2-3-5-13-20(16,17)9-7-8(11(14)15)19-10(9)12/h7,13H,2-6H2,1H3,(H,14,15). The molecule has 1 heterocycles. The van der Waals surface area contributed by atoms with Gasteiger partial charge >= 0.3 is 5.97 Å². The number of rotatable bonds is 9. The summed E-state index contributed by atoms with van der Waals surface area (Å²) in [4.78, 5) is 10.8. The van der Waals surface area contributed by atoms with E-state index in [-0.39, 0.29) is 9.77 Å². The molecule has 114 valence electrons. The molecule has 6 nitrogen and oxygen atoms in total. The lowest BCUT2D eigenvalue weighted by Crippen LogP contribution is -2.24. The molecule has 0 spiro atoms. The minimum absolute atomic E-state index is 0.0163. The number of carboxylic acid groups (broad SMARTS) is 1. The predicted molar refractivity (Wildman–Crippen MR) is 79.9 cm³/mol. The Balaban J connectivity index is 2.58. The monoisotopic (exact) mass is 385 g/mol. The highest BCUT2D eigenvalue weighted by molar-refractivity contribution is 9.11. The fourth-order valence-corrected chi connectivity index (χ4v) is 4.95. The summed E-state index contributed by atoms with van der Waals surface area (Å²) in [6, 6.07) is 1.16. The quantitative estimate of drug-likeness (QED) is 0.636. The van der Waals surface area contributed by atoms with Crippen LogP contribution in [0.4, 0.5) is 0 Å². The molecule has 0 atom stereocenters. The van der Waals surface area contributed by atoms with Gasteiger partial charge in [0.25, 0.3) is 0 Å². The molecule has 1 aromatic heterocycles. The molecule has 0 unspecified atom stereocenters. The number of hydrogen-bond donors (Lipinski definition) is 2. The van der Waals surface area contributed by atoms with Crippen molar-refractivity contribution >= 4 is 43.3 Å². The van der Waals surface area contributed by atoms with Crippen molar-refractivity contribution < 1.29 is 23.1 Å². The second-order valence-electron chi connectivity index (χ2n) is 4.00. The normalized spacial score (nSPS) is 11.7. The first-order valence-corrected chi connectivity index (χ1v) is 8.99. The summed E-state index contributed by atoms with van der Waals surface area (Å²) in [6.07, 6.45) is 2.45. The highest BCUT2D eigenvalue weighted by atomic mass is 79.9. The van der Waals surface area contributed by atoms with E-state index in [1.165, 1.54) is 0 Å². The molecule has 9 heteroatoms. The molecule has 0 fully saturated rings. The molecule has 1 rings (SSSR count). The van der Waals surface area contributed by atoms with Crippen LogP contribution < -0.4 is 4.72 Å². The maximum atomic E-state index is 12.0. The number of carboxylic acids is 1. The zero-order valence-electron chi connectivity index (χ0n) is 10.9.